The highest BCUT2D eigenvalue weighted by Gasteiger charge is 2.31. The van der Waals surface area contributed by atoms with Crippen molar-refractivity contribution in [2.75, 3.05) is 17.1 Å². The van der Waals surface area contributed by atoms with E-state index >= 15 is 0 Å². The first-order valence-electron chi connectivity index (χ1n) is 12.8. The molecule has 0 aliphatic heterocycles. The Bertz CT molecular complexity index is 1140. The lowest BCUT2D eigenvalue weighted by Crippen LogP contribution is -2.53. The average molecular weight is 514 g/mol. The lowest BCUT2D eigenvalue weighted by Gasteiger charge is -2.33. The van der Waals surface area contributed by atoms with Crippen molar-refractivity contribution >= 4 is 27.5 Å². The molecule has 2 aromatic rings. The number of benzene rings is 2. The Morgan fingerprint density at radius 1 is 1.03 bits per heavy atom. The Balaban J connectivity index is 1.89. The molecule has 3 rings (SSSR count). The van der Waals surface area contributed by atoms with Crippen molar-refractivity contribution in [3.63, 3.8) is 0 Å². The van der Waals surface area contributed by atoms with Crippen molar-refractivity contribution in [1.82, 2.24) is 10.2 Å². The van der Waals surface area contributed by atoms with E-state index < -0.39 is 22.0 Å². The summed E-state index contributed by atoms with van der Waals surface area (Å²) in [6.07, 6.45) is 6.98. The van der Waals surface area contributed by atoms with Gasteiger partial charge in [-0.25, -0.2) is 8.42 Å². The predicted octanol–water partition coefficient (Wildman–Crippen LogP) is 4.19. The van der Waals surface area contributed by atoms with Crippen LogP contribution in [0.5, 0.6) is 0 Å². The molecule has 0 heterocycles. The van der Waals surface area contributed by atoms with Crippen LogP contribution in [0.2, 0.25) is 0 Å². The van der Waals surface area contributed by atoms with Gasteiger partial charge in [-0.2, -0.15) is 0 Å². The molecule has 0 saturated heterocycles. The minimum atomic E-state index is -3.74. The fourth-order valence-electron chi connectivity index (χ4n) is 4.69. The van der Waals surface area contributed by atoms with Crippen molar-refractivity contribution in [2.45, 2.75) is 77.9 Å². The van der Waals surface area contributed by atoms with Gasteiger partial charge in [-0.3, -0.25) is 13.9 Å². The van der Waals surface area contributed by atoms with Gasteiger partial charge in [-0.1, -0.05) is 74.2 Å². The third-order valence-corrected chi connectivity index (χ3v) is 8.04. The molecule has 0 aromatic heterocycles. The second-order valence-corrected chi connectivity index (χ2v) is 11.7. The fourth-order valence-corrected chi connectivity index (χ4v) is 5.57. The third kappa shape index (κ3) is 7.32. The number of para-hydroxylation sites is 1. The molecule has 1 unspecified atom stereocenters. The molecule has 0 radical (unpaired) electrons. The quantitative estimate of drug-likeness (QED) is 0.516. The zero-order valence-electron chi connectivity index (χ0n) is 21.9. The summed E-state index contributed by atoms with van der Waals surface area (Å²) in [7, 11) is -3.74. The second-order valence-electron chi connectivity index (χ2n) is 9.78. The number of anilines is 1. The zero-order valence-corrected chi connectivity index (χ0v) is 22.7. The van der Waals surface area contributed by atoms with Gasteiger partial charge >= 0.3 is 0 Å². The summed E-state index contributed by atoms with van der Waals surface area (Å²) >= 11 is 0. The molecule has 36 heavy (non-hydrogen) atoms. The molecule has 1 aliphatic rings. The SMILES string of the molecule is CCc1ccccc1N(CC(=O)N(Cc1ccc(C)cc1)C(C)C(=O)NC1CCCCC1)S(C)(=O)=O. The van der Waals surface area contributed by atoms with E-state index in [1.54, 1.807) is 19.1 Å². The lowest BCUT2D eigenvalue weighted by molar-refractivity contribution is -0.139. The molecule has 0 spiro atoms. The maximum Gasteiger partial charge on any atom is 0.244 e. The monoisotopic (exact) mass is 513 g/mol. The first-order chi connectivity index (χ1) is 17.1. The third-order valence-electron chi connectivity index (χ3n) is 6.91. The van der Waals surface area contributed by atoms with E-state index in [4.69, 9.17) is 0 Å². The molecule has 196 valence electrons. The average Bonchev–Trinajstić information content (AvgIpc) is 2.86. The Labute approximate surface area is 215 Å². The van der Waals surface area contributed by atoms with Crippen LogP contribution >= 0.6 is 0 Å². The van der Waals surface area contributed by atoms with Crippen molar-refractivity contribution in [3.8, 4) is 0 Å². The van der Waals surface area contributed by atoms with E-state index in [0.717, 1.165) is 52.9 Å². The van der Waals surface area contributed by atoms with E-state index in [1.165, 1.54) is 11.3 Å². The highest BCUT2D eigenvalue weighted by molar-refractivity contribution is 7.92. The molecule has 2 aromatic carbocycles. The fraction of sp³-hybridized carbons (Fsp3) is 0.500. The summed E-state index contributed by atoms with van der Waals surface area (Å²) in [5.74, 6) is -0.625. The number of carbonyl (C=O) groups excluding carboxylic acids is 2. The van der Waals surface area contributed by atoms with Gasteiger partial charge in [0.25, 0.3) is 0 Å². The Kier molecular flexibility index (Phi) is 9.54. The maximum absolute atomic E-state index is 13.7. The van der Waals surface area contributed by atoms with Crippen LogP contribution in [0.25, 0.3) is 0 Å². The van der Waals surface area contributed by atoms with Gasteiger partial charge in [0.1, 0.15) is 12.6 Å². The van der Waals surface area contributed by atoms with E-state index in [-0.39, 0.29) is 25.0 Å². The van der Waals surface area contributed by atoms with Crippen molar-refractivity contribution < 1.29 is 18.0 Å². The van der Waals surface area contributed by atoms with E-state index in [0.29, 0.717) is 12.1 Å². The van der Waals surface area contributed by atoms with Crippen LogP contribution in [0.1, 0.15) is 62.6 Å². The molecular formula is C28H39N3O4S. The highest BCUT2D eigenvalue weighted by Crippen LogP contribution is 2.24. The Hall–Kier alpha value is -2.87. The van der Waals surface area contributed by atoms with Gasteiger partial charge in [-0.05, 0) is 50.3 Å². The Morgan fingerprint density at radius 2 is 1.67 bits per heavy atom. The minimum Gasteiger partial charge on any atom is -0.352 e. The first kappa shape index (κ1) is 27.7. The molecule has 1 aliphatic carbocycles. The predicted molar refractivity (Wildman–Crippen MR) is 144 cm³/mol. The molecule has 0 bridgehead atoms. The number of carbonyl (C=O) groups is 2. The number of nitrogens with one attached hydrogen (secondary N) is 1. The standard InChI is InChI=1S/C28H39N3O4S/c1-5-24-11-9-10-14-26(24)31(36(4,34)35)20-27(32)30(19-23-17-15-21(2)16-18-23)22(3)28(33)29-25-12-7-6-8-13-25/h9-11,14-18,22,25H,5-8,12-13,19-20H2,1-4H3,(H,29,33). The van der Waals surface area contributed by atoms with Gasteiger partial charge in [-0.15, -0.1) is 0 Å². The molecule has 2 amide bonds. The van der Waals surface area contributed by atoms with E-state index in [1.807, 2.05) is 50.2 Å². The van der Waals surface area contributed by atoms with Crippen LogP contribution in [-0.4, -0.2) is 50.0 Å². The van der Waals surface area contributed by atoms with Gasteiger partial charge in [0, 0.05) is 12.6 Å². The van der Waals surface area contributed by atoms with Crippen LogP contribution < -0.4 is 9.62 Å². The molecule has 8 heteroatoms. The maximum atomic E-state index is 13.7. The summed E-state index contributed by atoms with van der Waals surface area (Å²) < 4.78 is 26.7. The molecule has 7 nitrogen and oxygen atoms in total. The van der Waals surface area contributed by atoms with E-state index in [9.17, 15) is 18.0 Å². The summed E-state index contributed by atoms with van der Waals surface area (Å²) in [6, 6.07) is 14.4. The number of amides is 2. The van der Waals surface area contributed by atoms with Gasteiger partial charge in [0.15, 0.2) is 0 Å². The molecule has 1 N–H and O–H groups in total. The minimum absolute atomic E-state index is 0.119. The topological polar surface area (TPSA) is 86.8 Å². The number of hydrogen-bond donors (Lipinski definition) is 1. The highest BCUT2D eigenvalue weighted by atomic mass is 32.2. The summed E-state index contributed by atoms with van der Waals surface area (Å²) in [5.41, 5.74) is 3.31. The molecule has 1 fully saturated rings. The van der Waals surface area contributed by atoms with Crippen molar-refractivity contribution in [1.29, 1.82) is 0 Å². The van der Waals surface area contributed by atoms with Crippen molar-refractivity contribution in [3.05, 3.63) is 65.2 Å². The lowest BCUT2D eigenvalue weighted by atomic mass is 9.95. The number of rotatable bonds is 10. The van der Waals surface area contributed by atoms with Crippen LogP contribution in [0.4, 0.5) is 5.69 Å². The summed E-state index contributed by atoms with van der Waals surface area (Å²) in [5, 5.41) is 3.12. The first-order valence-corrected chi connectivity index (χ1v) is 14.7. The van der Waals surface area contributed by atoms with Gasteiger partial charge in [0.2, 0.25) is 21.8 Å². The van der Waals surface area contributed by atoms with Crippen LogP contribution in [0, 0.1) is 6.92 Å². The Morgan fingerprint density at radius 3 is 2.28 bits per heavy atom. The largest absolute Gasteiger partial charge is 0.352 e. The number of hydrogen-bond acceptors (Lipinski definition) is 4. The molecular weight excluding hydrogens is 474 g/mol. The second kappa shape index (κ2) is 12.4. The molecule has 1 saturated carbocycles. The summed E-state index contributed by atoms with van der Waals surface area (Å²) in [4.78, 5) is 28.4. The van der Waals surface area contributed by atoms with E-state index in [2.05, 4.69) is 5.32 Å². The van der Waals surface area contributed by atoms with Crippen LogP contribution in [-0.2, 0) is 32.6 Å². The smallest absolute Gasteiger partial charge is 0.244 e. The summed E-state index contributed by atoms with van der Waals surface area (Å²) in [6.45, 7) is 5.49. The van der Waals surface area contributed by atoms with Gasteiger partial charge in [0.05, 0.1) is 11.9 Å². The number of nitrogens with zero attached hydrogens (tertiary/aromatic N) is 2. The molecule has 1 atom stereocenters. The number of sulfonamides is 1. The van der Waals surface area contributed by atoms with Crippen molar-refractivity contribution in [2.24, 2.45) is 0 Å². The van der Waals surface area contributed by atoms with Gasteiger partial charge < -0.3 is 10.2 Å². The zero-order chi connectivity index (χ0) is 26.3. The normalized spacial score (nSPS) is 15.2. The number of aryl methyl sites for hydroxylation is 2. The van der Waals surface area contributed by atoms with Crippen LogP contribution in [0.15, 0.2) is 48.5 Å². The van der Waals surface area contributed by atoms with Crippen LogP contribution in [0.3, 0.4) is 0 Å².